The van der Waals surface area contributed by atoms with E-state index in [1.54, 1.807) is 24.1 Å². The number of halogens is 2. The van der Waals surface area contributed by atoms with E-state index in [0.29, 0.717) is 18.7 Å². The van der Waals surface area contributed by atoms with Crippen LogP contribution in [0.5, 0.6) is 0 Å². The van der Waals surface area contributed by atoms with Gasteiger partial charge in [0.2, 0.25) is 11.8 Å². The van der Waals surface area contributed by atoms with Crippen LogP contribution in [0, 0.1) is 5.82 Å². The third-order valence-corrected chi connectivity index (χ3v) is 3.72. The molecule has 0 radical (unpaired) electrons. The number of hydrogen-bond donors (Lipinski definition) is 0. The molecule has 0 spiro atoms. The van der Waals surface area contributed by atoms with Crippen LogP contribution in [0.3, 0.4) is 0 Å². The minimum atomic E-state index is -0.408. The van der Waals surface area contributed by atoms with Crippen molar-refractivity contribution in [2.24, 2.45) is 0 Å². The molecule has 4 nitrogen and oxygen atoms in total. The monoisotopic (exact) mass is 370 g/mol. The number of benzene rings is 1. The molecule has 0 aliphatic heterocycles. The Labute approximate surface area is 138 Å². The summed E-state index contributed by atoms with van der Waals surface area (Å²) in [4.78, 5) is 26.9. The molecule has 1 aromatic carbocycles. The Kier molecular flexibility index (Phi) is 7.24. The molecule has 0 unspecified atom stereocenters. The Bertz CT molecular complexity index is 571. The van der Waals surface area contributed by atoms with Gasteiger partial charge in [0.25, 0.3) is 0 Å². The van der Waals surface area contributed by atoms with Crippen molar-refractivity contribution >= 4 is 33.8 Å². The van der Waals surface area contributed by atoms with E-state index < -0.39 is 5.82 Å². The highest BCUT2D eigenvalue weighted by Gasteiger charge is 2.14. The zero-order chi connectivity index (χ0) is 16.7. The standard InChI is InChI=1S/C16H20BrFN2O2/c1-4-20(5-2)16(22)11-19(3)15(21)9-6-12-10-13(17)7-8-14(12)18/h6-10H,4-5,11H2,1-3H3/b9-6+. The average molecular weight is 371 g/mol. The molecule has 0 N–H and O–H groups in total. The Balaban J connectivity index is 2.69. The van der Waals surface area contributed by atoms with Crippen molar-refractivity contribution in [3.8, 4) is 0 Å². The molecule has 0 atom stereocenters. The highest BCUT2D eigenvalue weighted by Crippen LogP contribution is 2.16. The van der Waals surface area contributed by atoms with E-state index in [1.165, 1.54) is 23.1 Å². The summed E-state index contributed by atoms with van der Waals surface area (Å²) in [6, 6.07) is 4.49. The van der Waals surface area contributed by atoms with E-state index in [2.05, 4.69) is 15.9 Å². The first-order valence-corrected chi connectivity index (χ1v) is 7.84. The number of hydrogen-bond acceptors (Lipinski definition) is 2. The zero-order valence-electron chi connectivity index (χ0n) is 13.0. The molecule has 0 aromatic heterocycles. The molecule has 0 aliphatic carbocycles. The SMILES string of the molecule is CCN(CC)C(=O)CN(C)C(=O)/C=C/c1cc(Br)ccc1F. The van der Waals surface area contributed by atoms with Crippen LogP contribution in [0.2, 0.25) is 0 Å². The molecule has 0 fully saturated rings. The lowest BCUT2D eigenvalue weighted by Crippen LogP contribution is -2.40. The van der Waals surface area contributed by atoms with Gasteiger partial charge in [0, 0.05) is 36.2 Å². The molecule has 0 heterocycles. The van der Waals surface area contributed by atoms with E-state index in [9.17, 15) is 14.0 Å². The quantitative estimate of drug-likeness (QED) is 0.722. The number of rotatable bonds is 6. The van der Waals surface area contributed by atoms with Crippen molar-refractivity contribution in [1.29, 1.82) is 0 Å². The average Bonchev–Trinajstić information content (AvgIpc) is 2.49. The van der Waals surface area contributed by atoms with Gasteiger partial charge in [-0.05, 0) is 38.1 Å². The van der Waals surface area contributed by atoms with E-state index in [1.807, 2.05) is 13.8 Å². The molecule has 2 amide bonds. The van der Waals surface area contributed by atoms with Gasteiger partial charge in [0.1, 0.15) is 5.82 Å². The summed E-state index contributed by atoms with van der Waals surface area (Å²) in [5.74, 6) is -0.864. The molecule has 0 aliphatic rings. The predicted octanol–water partition coefficient (Wildman–Crippen LogP) is 2.93. The van der Waals surface area contributed by atoms with Crippen LogP contribution >= 0.6 is 15.9 Å². The Morgan fingerprint density at radius 1 is 1.27 bits per heavy atom. The first-order chi connectivity index (χ1) is 10.4. The van der Waals surface area contributed by atoms with Crippen molar-refractivity contribution < 1.29 is 14.0 Å². The third kappa shape index (κ3) is 5.26. The maximum atomic E-state index is 13.6. The number of likely N-dealkylation sites (N-methyl/N-ethyl adjacent to an activating group) is 2. The van der Waals surface area contributed by atoms with Crippen molar-refractivity contribution in [2.45, 2.75) is 13.8 Å². The van der Waals surface area contributed by atoms with Crippen LogP contribution in [-0.4, -0.2) is 48.3 Å². The molecule has 22 heavy (non-hydrogen) atoms. The van der Waals surface area contributed by atoms with Crippen LogP contribution in [0.15, 0.2) is 28.7 Å². The lowest BCUT2D eigenvalue weighted by molar-refractivity contribution is -0.136. The predicted molar refractivity (Wildman–Crippen MR) is 88.7 cm³/mol. The van der Waals surface area contributed by atoms with Gasteiger partial charge >= 0.3 is 0 Å². The van der Waals surface area contributed by atoms with Gasteiger partial charge in [0.15, 0.2) is 0 Å². The lowest BCUT2D eigenvalue weighted by atomic mass is 10.2. The molecule has 1 aromatic rings. The molecule has 0 saturated carbocycles. The van der Waals surface area contributed by atoms with Crippen molar-refractivity contribution in [2.75, 3.05) is 26.7 Å². The number of carbonyl (C=O) groups is 2. The molecule has 120 valence electrons. The van der Waals surface area contributed by atoms with E-state index in [4.69, 9.17) is 0 Å². The second kappa shape index (κ2) is 8.68. The van der Waals surface area contributed by atoms with Crippen molar-refractivity contribution in [3.05, 3.63) is 40.1 Å². The van der Waals surface area contributed by atoms with E-state index in [0.717, 1.165) is 4.47 Å². The van der Waals surface area contributed by atoms with Crippen molar-refractivity contribution in [3.63, 3.8) is 0 Å². The molecule has 1 rings (SSSR count). The molecule has 0 saturated heterocycles. The smallest absolute Gasteiger partial charge is 0.246 e. The Morgan fingerprint density at radius 3 is 2.50 bits per heavy atom. The van der Waals surface area contributed by atoms with Crippen LogP contribution < -0.4 is 0 Å². The van der Waals surface area contributed by atoms with E-state index >= 15 is 0 Å². The summed E-state index contributed by atoms with van der Waals surface area (Å²) in [6.07, 6.45) is 2.67. The highest BCUT2D eigenvalue weighted by molar-refractivity contribution is 9.10. The van der Waals surface area contributed by atoms with Crippen LogP contribution in [-0.2, 0) is 9.59 Å². The largest absolute Gasteiger partial charge is 0.342 e. The zero-order valence-corrected chi connectivity index (χ0v) is 14.6. The van der Waals surface area contributed by atoms with Crippen molar-refractivity contribution in [1.82, 2.24) is 9.80 Å². The Hall–Kier alpha value is -1.69. The topological polar surface area (TPSA) is 40.6 Å². The van der Waals surface area contributed by atoms with Gasteiger partial charge in [-0.15, -0.1) is 0 Å². The van der Waals surface area contributed by atoms with Gasteiger partial charge in [-0.3, -0.25) is 9.59 Å². The van der Waals surface area contributed by atoms with E-state index in [-0.39, 0.29) is 18.4 Å². The minimum Gasteiger partial charge on any atom is -0.342 e. The number of carbonyl (C=O) groups excluding carboxylic acids is 2. The highest BCUT2D eigenvalue weighted by atomic mass is 79.9. The van der Waals surface area contributed by atoms with Gasteiger partial charge in [-0.25, -0.2) is 4.39 Å². The second-order valence-electron chi connectivity index (χ2n) is 4.76. The normalized spacial score (nSPS) is 10.8. The molecule has 6 heteroatoms. The summed E-state index contributed by atoms with van der Waals surface area (Å²) in [5.41, 5.74) is 0.311. The second-order valence-corrected chi connectivity index (χ2v) is 5.68. The fourth-order valence-electron chi connectivity index (χ4n) is 1.89. The number of amides is 2. The number of nitrogens with zero attached hydrogens (tertiary/aromatic N) is 2. The lowest BCUT2D eigenvalue weighted by Gasteiger charge is -2.22. The summed E-state index contributed by atoms with van der Waals surface area (Å²) >= 11 is 3.25. The molecular formula is C16H20BrFN2O2. The van der Waals surface area contributed by atoms with Gasteiger partial charge in [-0.1, -0.05) is 15.9 Å². The third-order valence-electron chi connectivity index (χ3n) is 3.23. The summed E-state index contributed by atoms with van der Waals surface area (Å²) in [6.45, 7) is 5.00. The molecular weight excluding hydrogens is 351 g/mol. The minimum absolute atomic E-state index is 0.00577. The first kappa shape index (κ1) is 18.4. The van der Waals surface area contributed by atoms with Gasteiger partial charge in [-0.2, -0.15) is 0 Å². The van der Waals surface area contributed by atoms with Crippen LogP contribution in [0.4, 0.5) is 4.39 Å². The van der Waals surface area contributed by atoms with Gasteiger partial charge in [0.05, 0.1) is 6.54 Å². The van der Waals surface area contributed by atoms with Gasteiger partial charge < -0.3 is 9.80 Å². The first-order valence-electron chi connectivity index (χ1n) is 7.05. The summed E-state index contributed by atoms with van der Waals surface area (Å²) in [7, 11) is 1.55. The maximum absolute atomic E-state index is 13.6. The fraction of sp³-hybridized carbons (Fsp3) is 0.375. The fourth-order valence-corrected chi connectivity index (χ4v) is 2.27. The Morgan fingerprint density at radius 2 is 1.91 bits per heavy atom. The summed E-state index contributed by atoms with van der Waals surface area (Å²) in [5, 5.41) is 0. The maximum Gasteiger partial charge on any atom is 0.246 e. The summed E-state index contributed by atoms with van der Waals surface area (Å²) < 4.78 is 14.3. The molecule has 0 bridgehead atoms. The van der Waals surface area contributed by atoms with Crippen LogP contribution in [0.25, 0.3) is 6.08 Å². The van der Waals surface area contributed by atoms with Crippen LogP contribution in [0.1, 0.15) is 19.4 Å².